The van der Waals surface area contributed by atoms with Crippen LogP contribution in [-0.4, -0.2) is 78.4 Å². The number of carbonyl (C=O) groups is 3. The van der Waals surface area contributed by atoms with E-state index in [1.807, 2.05) is 54.6 Å². The zero-order chi connectivity index (χ0) is 39.4. The molecular weight excluding hydrogens is 751 g/mol. The van der Waals surface area contributed by atoms with Crippen LogP contribution in [0.15, 0.2) is 124 Å². The highest BCUT2D eigenvalue weighted by molar-refractivity contribution is 8.03. The van der Waals surface area contributed by atoms with Crippen LogP contribution in [0, 0.1) is 0 Å². The maximum atomic E-state index is 13.8. The number of aliphatic carboxylic acids is 1. The monoisotopic (exact) mass is 795 g/mol. The molecule has 0 bridgehead atoms. The molecule has 0 aliphatic carbocycles. The van der Waals surface area contributed by atoms with Crippen molar-refractivity contribution in [3.63, 3.8) is 0 Å². The Kier molecular flexibility index (Phi) is 11.8. The second kappa shape index (κ2) is 16.4. The van der Waals surface area contributed by atoms with Gasteiger partial charge in [-0.15, -0.1) is 23.1 Å². The summed E-state index contributed by atoms with van der Waals surface area (Å²) in [4.78, 5) is 51.4. The zero-order valence-corrected chi connectivity index (χ0v) is 34.2. The van der Waals surface area contributed by atoms with E-state index in [2.05, 4.69) is 86.1 Å². The average Bonchev–Trinajstić information content (AvgIpc) is 3.64. The Morgan fingerprint density at radius 2 is 1.55 bits per heavy atom. The van der Waals surface area contributed by atoms with Gasteiger partial charge >= 0.3 is 5.97 Å². The molecule has 3 N–H and O–H groups in total. The lowest BCUT2D eigenvalue weighted by molar-refractivity contribution is -0.153. The van der Waals surface area contributed by atoms with E-state index in [1.54, 1.807) is 17.5 Å². The molecule has 286 valence electrons. The van der Waals surface area contributed by atoms with Gasteiger partial charge in [0.1, 0.15) is 30.1 Å². The van der Waals surface area contributed by atoms with Crippen molar-refractivity contribution in [3.8, 4) is 0 Å². The van der Waals surface area contributed by atoms with Crippen molar-refractivity contribution in [1.82, 2.24) is 15.2 Å². The van der Waals surface area contributed by atoms with Crippen molar-refractivity contribution in [2.45, 2.75) is 56.5 Å². The molecule has 14 heteroatoms. The minimum Gasteiger partial charge on any atom is -0.477 e. The minimum atomic E-state index is -1.99. The first-order valence-electron chi connectivity index (χ1n) is 17.8. The number of allylic oxidation sites excluding steroid dienone is 1. The maximum Gasteiger partial charge on any atom is 0.353 e. The number of nitrogens with one attached hydrogen (secondary N) is 2. The number of carboxylic acids is 1. The average molecular weight is 796 g/mol. The summed E-state index contributed by atoms with van der Waals surface area (Å²) in [5, 5.41) is 22.9. The van der Waals surface area contributed by atoms with Crippen molar-refractivity contribution < 1.29 is 28.8 Å². The van der Waals surface area contributed by atoms with Crippen molar-refractivity contribution in [2.24, 2.45) is 5.16 Å². The molecule has 2 unspecified atom stereocenters. The molecule has 2 aliphatic heterocycles. The van der Waals surface area contributed by atoms with Gasteiger partial charge in [-0.05, 0) is 40.9 Å². The Labute approximate surface area is 330 Å². The van der Waals surface area contributed by atoms with Gasteiger partial charge in [0.05, 0.1) is 12.6 Å². The van der Waals surface area contributed by atoms with E-state index in [-0.39, 0.29) is 22.1 Å². The fourth-order valence-corrected chi connectivity index (χ4v) is 9.27. The summed E-state index contributed by atoms with van der Waals surface area (Å²) in [6, 6.07) is 28.7. The van der Waals surface area contributed by atoms with E-state index in [9.17, 15) is 19.5 Å². The molecule has 1 saturated heterocycles. The van der Waals surface area contributed by atoms with Crippen molar-refractivity contribution >= 4 is 60.0 Å². The van der Waals surface area contributed by atoms with E-state index in [1.165, 1.54) is 35.1 Å². The Balaban J connectivity index is 1.22. The normalized spacial score (nSPS) is 17.8. The zero-order valence-electron chi connectivity index (χ0n) is 31.6. The number of hydrogen-bond donors (Lipinski definition) is 3. The lowest BCUT2D eigenvalue weighted by atomic mass is 9.77. The molecule has 11 nitrogen and oxygen atoms in total. The van der Waals surface area contributed by atoms with E-state index >= 15 is 0 Å². The van der Waals surface area contributed by atoms with Crippen LogP contribution in [0.5, 0.6) is 0 Å². The third kappa shape index (κ3) is 8.04. The molecule has 4 aromatic rings. The third-order valence-electron chi connectivity index (χ3n) is 10.3. The molecular formula is C41H45N5O6S2Si. The Bertz CT molecular complexity index is 2020. The number of rotatable bonds is 14. The van der Waals surface area contributed by atoms with Crippen LogP contribution < -0.4 is 10.6 Å². The molecule has 2 atom stereocenters. The fraction of sp³-hybridized carbons (Fsp3) is 0.293. The van der Waals surface area contributed by atoms with Crippen molar-refractivity contribution in [1.29, 1.82) is 0 Å². The smallest absolute Gasteiger partial charge is 0.353 e. The predicted molar refractivity (Wildman–Crippen MR) is 220 cm³/mol. The van der Waals surface area contributed by atoms with Gasteiger partial charge in [-0.25, -0.2) is 9.78 Å². The number of nitrogens with zero attached hydrogens (tertiary/aromatic N) is 3. The van der Waals surface area contributed by atoms with Crippen LogP contribution in [0.25, 0.3) is 0 Å². The van der Waals surface area contributed by atoms with Crippen LogP contribution >= 0.6 is 23.1 Å². The predicted octanol–water partition coefficient (Wildman–Crippen LogP) is 7.21. The van der Waals surface area contributed by atoms with Crippen LogP contribution in [0.3, 0.4) is 0 Å². The minimum absolute atomic E-state index is 0.0359. The third-order valence-corrected chi connectivity index (χ3v) is 16.7. The van der Waals surface area contributed by atoms with E-state index in [0.717, 1.165) is 16.7 Å². The second-order valence-corrected chi connectivity index (χ2v) is 21.4. The van der Waals surface area contributed by atoms with Crippen molar-refractivity contribution in [2.75, 3.05) is 24.8 Å². The van der Waals surface area contributed by atoms with E-state index < -0.39 is 43.7 Å². The largest absolute Gasteiger partial charge is 0.477 e. The SMILES string of the molecule is CON=C(C(=O)NC1C(=O)N2C(C(=O)O)=C(C=CCO[Si](C)(C)C(C)(C)C)SCC12)c1csc(NC(c2ccccc2)(c2ccccc2)c2ccccc2)n1. The number of oxime groups is 1. The second-order valence-electron chi connectivity index (χ2n) is 14.7. The Morgan fingerprint density at radius 3 is 2.05 bits per heavy atom. The van der Waals surface area contributed by atoms with Crippen LogP contribution in [0.4, 0.5) is 5.13 Å². The highest BCUT2D eigenvalue weighted by Gasteiger charge is 2.54. The summed E-state index contributed by atoms with van der Waals surface area (Å²) in [6.45, 7) is 11.1. The fourth-order valence-electron chi connectivity index (χ4n) is 6.36. The molecule has 3 aromatic carbocycles. The van der Waals surface area contributed by atoms with Gasteiger partial charge in [-0.2, -0.15) is 0 Å². The number of amides is 2. The molecule has 1 aromatic heterocycles. The number of anilines is 1. The number of carbonyl (C=O) groups excluding carboxylic acids is 2. The molecule has 0 spiro atoms. The van der Waals surface area contributed by atoms with Crippen LogP contribution in [-0.2, 0) is 29.2 Å². The standard InChI is InChI=1S/C41H45N5O6S2Si/c1-40(2,3)55(5,6)52-24-16-23-32-35(38(49)50)46-31(26-53-32)34(37(46)48)43-36(47)33(45-51-4)30-25-54-39(42-30)44-41(27-17-10-7-11-18-27,28-19-12-8-13-20-28)29-21-14-9-15-22-29/h7-23,25,31,34H,24,26H2,1-6H3,(H,42,44)(H,43,47)(H,49,50). The lowest BCUT2D eigenvalue weighted by Crippen LogP contribution is -2.73. The van der Waals surface area contributed by atoms with Crippen LogP contribution in [0.2, 0.25) is 18.1 Å². The first kappa shape index (κ1) is 39.7. The summed E-state index contributed by atoms with van der Waals surface area (Å²) in [7, 11) is -0.665. The van der Waals surface area contributed by atoms with Gasteiger partial charge in [-0.3, -0.25) is 14.5 Å². The number of fused-ring (bicyclic) bond motifs is 1. The highest BCUT2D eigenvalue weighted by atomic mass is 32.2. The number of carboxylic acid groups (broad SMARTS) is 1. The Hall–Kier alpha value is -5.02. The summed E-state index contributed by atoms with van der Waals surface area (Å²) < 4.78 is 6.20. The molecule has 3 heterocycles. The number of thiazole rings is 1. The number of hydrogen-bond acceptors (Lipinski definition) is 10. The first-order valence-corrected chi connectivity index (χ1v) is 22.6. The van der Waals surface area contributed by atoms with Gasteiger partial charge in [0.25, 0.3) is 11.8 Å². The molecule has 2 amide bonds. The summed E-state index contributed by atoms with van der Waals surface area (Å²) in [5.41, 5.74) is 2.12. The lowest BCUT2D eigenvalue weighted by Gasteiger charge is -2.49. The Morgan fingerprint density at radius 1 is 0.982 bits per heavy atom. The molecule has 55 heavy (non-hydrogen) atoms. The molecule has 0 radical (unpaired) electrons. The molecule has 6 rings (SSSR count). The van der Waals surface area contributed by atoms with E-state index in [4.69, 9.17) is 14.2 Å². The van der Waals surface area contributed by atoms with E-state index in [0.29, 0.717) is 22.4 Å². The molecule has 1 fully saturated rings. The van der Waals surface area contributed by atoms with Gasteiger partial charge < -0.3 is 25.0 Å². The molecule has 2 aliphatic rings. The first-order chi connectivity index (χ1) is 26.3. The molecule has 0 saturated carbocycles. The quantitative estimate of drug-likeness (QED) is 0.0397. The number of benzene rings is 3. The number of aromatic nitrogens is 1. The van der Waals surface area contributed by atoms with Gasteiger partial charge in [0.2, 0.25) is 0 Å². The maximum absolute atomic E-state index is 13.8. The van der Waals surface area contributed by atoms with Crippen LogP contribution in [0.1, 0.15) is 43.2 Å². The summed E-state index contributed by atoms with van der Waals surface area (Å²) in [6.07, 6.45) is 3.50. The van der Waals surface area contributed by atoms with Gasteiger partial charge in [0, 0.05) is 16.0 Å². The number of thioether (sulfide) groups is 1. The summed E-state index contributed by atoms with van der Waals surface area (Å²) >= 11 is 2.63. The van der Waals surface area contributed by atoms with Gasteiger partial charge in [-0.1, -0.05) is 123 Å². The van der Waals surface area contributed by atoms with Crippen molar-refractivity contribution in [3.05, 3.63) is 142 Å². The summed E-state index contributed by atoms with van der Waals surface area (Å²) in [5.74, 6) is -2.02. The highest BCUT2D eigenvalue weighted by Crippen LogP contribution is 2.42. The topological polar surface area (TPSA) is 142 Å². The number of β-lactam (4-membered cyclic amide) rings is 1. The van der Waals surface area contributed by atoms with Gasteiger partial charge in [0.15, 0.2) is 19.2 Å².